The Morgan fingerprint density at radius 3 is 3.00 bits per heavy atom. The molecule has 1 saturated heterocycles. The van der Waals surface area contributed by atoms with Crippen molar-refractivity contribution in [3.63, 3.8) is 0 Å². The Hall–Kier alpha value is -2.25. The number of nitrogens with zero attached hydrogens (tertiary/aromatic N) is 4. The lowest BCUT2D eigenvalue weighted by Gasteiger charge is -2.32. The molecule has 28 heavy (non-hydrogen) atoms. The molecule has 0 aliphatic carbocycles. The molecular weight excluding hydrogens is 388 g/mol. The van der Waals surface area contributed by atoms with Crippen molar-refractivity contribution in [2.45, 2.75) is 36.6 Å². The van der Waals surface area contributed by atoms with Crippen LogP contribution in [0.1, 0.15) is 45.4 Å². The van der Waals surface area contributed by atoms with E-state index in [-0.39, 0.29) is 11.8 Å². The molecule has 1 fully saturated rings. The molecule has 0 saturated carbocycles. The summed E-state index contributed by atoms with van der Waals surface area (Å²) >= 11 is 3.11. The molecule has 3 aromatic rings. The number of carbonyl (C=O) groups excluding carboxylic acids is 1. The Kier molecular flexibility index (Phi) is 6.02. The third-order valence-electron chi connectivity index (χ3n) is 4.89. The fraction of sp³-hybridized carbons (Fsp3) is 0.333. The second kappa shape index (κ2) is 8.84. The number of hydrogen-bond acceptors (Lipinski definition) is 6. The van der Waals surface area contributed by atoms with E-state index >= 15 is 0 Å². The van der Waals surface area contributed by atoms with Gasteiger partial charge in [0.25, 0.3) is 5.91 Å². The molecule has 1 aliphatic heterocycles. The maximum absolute atomic E-state index is 12.7. The topological polar surface area (TPSA) is 59.0 Å². The van der Waals surface area contributed by atoms with Crippen LogP contribution in [-0.4, -0.2) is 38.8 Å². The number of rotatable bonds is 5. The lowest BCUT2D eigenvalue weighted by Crippen LogP contribution is -2.39. The maximum atomic E-state index is 12.7. The largest absolute Gasteiger partial charge is 0.337 e. The Bertz CT molecular complexity index is 931. The van der Waals surface area contributed by atoms with Gasteiger partial charge in [-0.25, -0.2) is 9.97 Å². The highest BCUT2D eigenvalue weighted by molar-refractivity contribution is 7.98. The zero-order valence-electron chi connectivity index (χ0n) is 15.7. The van der Waals surface area contributed by atoms with Gasteiger partial charge in [-0.3, -0.25) is 9.78 Å². The van der Waals surface area contributed by atoms with E-state index in [9.17, 15) is 4.79 Å². The van der Waals surface area contributed by atoms with Gasteiger partial charge in [-0.15, -0.1) is 11.3 Å². The summed E-state index contributed by atoms with van der Waals surface area (Å²) in [7, 11) is 0. The summed E-state index contributed by atoms with van der Waals surface area (Å²) in [4.78, 5) is 29.2. The van der Waals surface area contributed by atoms with Crippen molar-refractivity contribution in [2.75, 3.05) is 13.1 Å². The molecule has 0 radical (unpaired) electrons. The molecule has 144 valence electrons. The lowest BCUT2D eigenvalue weighted by atomic mass is 9.92. The van der Waals surface area contributed by atoms with Crippen molar-refractivity contribution < 1.29 is 4.79 Å². The highest BCUT2D eigenvalue weighted by Crippen LogP contribution is 2.30. The van der Waals surface area contributed by atoms with Crippen LogP contribution in [0, 0.1) is 6.92 Å². The normalized spacial score (nSPS) is 16.9. The molecule has 4 heterocycles. The number of aromatic nitrogens is 3. The van der Waals surface area contributed by atoms with E-state index in [1.807, 2.05) is 46.8 Å². The van der Waals surface area contributed by atoms with Gasteiger partial charge in [-0.1, -0.05) is 23.9 Å². The third kappa shape index (κ3) is 4.42. The van der Waals surface area contributed by atoms with Gasteiger partial charge < -0.3 is 4.90 Å². The van der Waals surface area contributed by atoms with Crippen LogP contribution < -0.4 is 0 Å². The van der Waals surface area contributed by atoms with E-state index in [0.717, 1.165) is 58.7 Å². The average molecular weight is 411 g/mol. The zero-order valence-corrected chi connectivity index (χ0v) is 17.4. The van der Waals surface area contributed by atoms with Crippen LogP contribution >= 0.6 is 23.1 Å². The van der Waals surface area contributed by atoms with E-state index in [4.69, 9.17) is 4.98 Å². The van der Waals surface area contributed by atoms with Crippen molar-refractivity contribution in [3.8, 4) is 0 Å². The molecule has 1 aliphatic rings. The minimum Gasteiger partial charge on any atom is -0.337 e. The second-order valence-corrected chi connectivity index (χ2v) is 8.79. The smallest absolute Gasteiger partial charge is 0.263 e. The zero-order chi connectivity index (χ0) is 19.3. The molecule has 0 N–H and O–H groups in total. The first-order valence-corrected chi connectivity index (χ1v) is 11.3. The summed E-state index contributed by atoms with van der Waals surface area (Å²) in [6, 6.07) is 9.75. The Labute approximate surface area is 173 Å². The fourth-order valence-corrected chi connectivity index (χ4v) is 4.91. The molecule has 0 bridgehead atoms. The van der Waals surface area contributed by atoms with Gasteiger partial charge in [0.15, 0.2) is 5.16 Å². The van der Waals surface area contributed by atoms with E-state index in [0.29, 0.717) is 0 Å². The monoisotopic (exact) mass is 410 g/mol. The first kappa shape index (κ1) is 19.1. The molecule has 0 aromatic carbocycles. The molecule has 0 unspecified atom stereocenters. The highest BCUT2D eigenvalue weighted by atomic mass is 32.2. The number of amides is 1. The summed E-state index contributed by atoms with van der Waals surface area (Å²) in [6.07, 6.45) is 5.76. The van der Waals surface area contributed by atoms with E-state index in [1.54, 1.807) is 18.0 Å². The van der Waals surface area contributed by atoms with Crippen molar-refractivity contribution in [1.82, 2.24) is 19.9 Å². The van der Waals surface area contributed by atoms with Crippen molar-refractivity contribution in [1.29, 1.82) is 0 Å². The Balaban J connectivity index is 1.47. The van der Waals surface area contributed by atoms with Crippen LogP contribution in [0.4, 0.5) is 0 Å². The predicted molar refractivity (Wildman–Crippen MR) is 113 cm³/mol. The first-order valence-electron chi connectivity index (χ1n) is 9.40. The van der Waals surface area contributed by atoms with E-state index < -0.39 is 0 Å². The number of thioether (sulfide) groups is 1. The Morgan fingerprint density at radius 2 is 2.21 bits per heavy atom. The van der Waals surface area contributed by atoms with Gasteiger partial charge in [0.05, 0.1) is 16.3 Å². The number of hydrogen-bond donors (Lipinski definition) is 0. The van der Waals surface area contributed by atoms with Gasteiger partial charge in [0.1, 0.15) is 0 Å². The summed E-state index contributed by atoms with van der Waals surface area (Å²) in [5.74, 6) is 1.14. The Morgan fingerprint density at radius 1 is 1.29 bits per heavy atom. The van der Waals surface area contributed by atoms with Crippen LogP contribution in [0.2, 0.25) is 0 Å². The van der Waals surface area contributed by atoms with Crippen molar-refractivity contribution >= 4 is 29.0 Å². The summed E-state index contributed by atoms with van der Waals surface area (Å²) in [5.41, 5.74) is 3.18. The maximum Gasteiger partial charge on any atom is 0.263 e. The average Bonchev–Trinajstić information content (AvgIpc) is 3.28. The van der Waals surface area contributed by atoms with Gasteiger partial charge >= 0.3 is 0 Å². The summed E-state index contributed by atoms with van der Waals surface area (Å²) < 4.78 is 0. The van der Waals surface area contributed by atoms with Crippen LogP contribution in [0.25, 0.3) is 0 Å². The van der Waals surface area contributed by atoms with Gasteiger partial charge in [0, 0.05) is 37.2 Å². The summed E-state index contributed by atoms with van der Waals surface area (Å²) in [6.45, 7) is 3.60. The molecule has 5 nitrogen and oxygen atoms in total. The first-order chi connectivity index (χ1) is 13.7. The fourth-order valence-electron chi connectivity index (χ4n) is 3.48. The van der Waals surface area contributed by atoms with Gasteiger partial charge in [-0.2, -0.15) is 0 Å². The van der Waals surface area contributed by atoms with Gasteiger partial charge in [-0.05, 0) is 48.9 Å². The summed E-state index contributed by atoms with van der Waals surface area (Å²) in [5, 5.41) is 2.72. The molecule has 7 heteroatoms. The molecule has 4 rings (SSSR count). The molecule has 1 atom stereocenters. The lowest BCUT2D eigenvalue weighted by molar-refractivity contribution is 0.0710. The number of likely N-dealkylation sites (tertiary alicyclic amines) is 1. The van der Waals surface area contributed by atoms with Crippen LogP contribution in [0.5, 0.6) is 0 Å². The van der Waals surface area contributed by atoms with Crippen LogP contribution in [-0.2, 0) is 5.75 Å². The predicted octanol–water partition coefficient (Wildman–Crippen LogP) is 4.55. The molecule has 0 spiro atoms. The molecular formula is C21H22N4OS2. The quantitative estimate of drug-likeness (QED) is 0.456. The SMILES string of the molecule is Cc1cnc(SCc2ccccn2)nc1[C@@H]1CCCN(C(=O)c2cccs2)C1. The molecule has 1 amide bonds. The number of thiophene rings is 1. The van der Waals surface area contributed by atoms with E-state index in [2.05, 4.69) is 16.9 Å². The minimum atomic E-state index is 0.135. The standard InChI is InChI=1S/C21H22N4OS2/c1-15-12-23-21(28-14-17-7-2-3-9-22-17)24-19(15)16-6-4-10-25(13-16)20(26)18-8-5-11-27-18/h2-3,5,7-9,11-12,16H,4,6,10,13-14H2,1H3/t16-/m1/s1. The van der Waals surface area contributed by atoms with Crippen LogP contribution in [0.3, 0.4) is 0 Å². The van der Waals surface area contributed by atoms with Gasteiger partial charge in [0.2, 0.25) is 0 Å². The minimum absolute atomic E-state index is 0.135. The van der Waals surface area contributed by atoms with Crippen molar-refractivity contribution in [2.24, 2.45) is 0 Å². The highest BCUT2D eigenvalue weighted by Gasteiger charge is 2.28. The number of pyridine rings is 1. The molecule has 3 aromatic heterocycles. The number of aryl methyl sites for hydroxylation is 1. The van der Waals surface area contributed by atoms with E-state index in [1.165, 1.54) is 11.3 Å². The number of carbonyl (C=O) groups is 1. The third-order valence-corrected chi connectivity index (χ3v) is 6.64. The number of piperidine rings is 1. The van der Waals surface area contributed by atoms with Crippen LogP contribution in [0.15, 0.2) is 53.3 Å². The van der Waals surface area contributed by atoms with Crippen molar-refractivity contribution in [3.05, 3.63) is 69.9 Å². The second-order valence-electron chi connectivity index (χ2n) is 6.90.